The molecule has 6 nitrogen and oxygen atoms in total. The SMILES string of the molecule is Cc1ccc(Nc2ccc(Br)cc2/C=N\NC(=O)C(=O)NCC(C)C)cc1. The Kier molecular flexibility index (Phi) is 7.55. The zero-order chi connectivity index (χ0) is 19.8. The molecule has 2 aromatic rings. The molecule has 0 radical (unpaired) electrons. The van der Waals surface area contributed by atoms with Crippen molar-refractivity contribution in [1.29, 1.82) is 0 Å². The summed E-state index contributed by atoms with van der Waals surface area (Å²) in [6.45, 7) is 6.37. The molecule has 2 aromatic carbocycles. The number of nitrogens with zero attached hydrogens (tertiary/aromatic N) is 1. The molecule has 2 rings (SSSR count). The van der Waals surface area contributed by atoms with Crippen molar-refractivity contribution in [3.8, 4) is 0 Å². The van der Waals surface area contributed by atoms with E-state index in [1.165, 1.54) is 11.8 Å². The van der Waals surface area contributed by atoms with Crippen LogP contribution in [0.4, 0.5) is 11.4 Å². The molecular weight excluding hydrogens is 408 g/mol. The number of carbonyl (C=O) groups is 2. The van der Waals surface area contributed by atoms with E-state index in [0.717, 1.165) is 21.4 Å². The molecule has 0 aliphatic carbocycles. The summed E-state index contributed by atoms with van der Waals surface area (Å²) in [7, 11) is 0. The summed E-state index contributed by atoms with van der Waals surface area (Å²) in [5, 5.41) is 9.76. The van der Waals surface area contributed by atoms with E-state index in [0.29, 0.717) is 6.54 Å². The van der Waals surface area contributed by atoms with E-state index >= 15 is 0 Å². The van der Waals surface area contributed by atoms with Crippen LogP contribution in [0.2, 0.25) is 0 Å². The van der Waals surface area contributed by atoms with Crippen LogP contribution in [0.5, 0.6) is 0 Å². The van der Waals surface area contributed by atoms with Gasteiger partial charge in [-0.05, 0) is 43.2 Å². The third kappa shape index (κ3) is 6.86. The van der Waals surface area contributed by atoms with Gasteiger partial charge in [-0.15, -0.1) is 0 Å². The summed E-state index contributed by atoms with van der Waals surface area (Å²) in [5.41, 5.74) is 5.95. The lowest BCUT2D eigenvalue weighted by Crippen LogP contribution is -2.39. The highest BCUT2D eigenvalue weighted by Gasteiger charge is 2.12. The molecule has 0 heterocycles. The maximum Gasteiger partial charge on any atom is 0.329 e. The number of aryl methyl sites for hydroxylation is 1. The molecule has 0 atom stereocenters. The molecule has 0 unspecified atom stereocenters. The minimum atomic E-state index is -0.796. The highest BCUT2D eigenvalue weighted by Crippen LogP contribution is 2.23. The van der Waals surface area contributed by atoms with Gasteiger partial charge in [0.15, 0.2) is 0 Å². The van der Waals surface area contributed by atoms with Crippen LogP contribution >= 0.6 is 15.9 Å². The molecule has 7 heteroatoms. The summed E-state index contributed by atoms with van der Waals surface area (Å²) >= 11 is 3.43. The van der Waals surface area contributed by atoms with Crippen LogP contribution in [-0.4, -0.2) is 24.6 Å². The van der Waals surface area contributed by atoms with Crippen LogP contribution in [0.3, 0.4) is 0 Å². The van der Waals surface area contributed by atoms with Gasteiger partial charge in [-0.25, -0.2) is 5.43 Å². The van der Waals surface area contributed by atoms with E-state index in [4.69, 9.17) is 0 Å². The number of benzene rings is 2. The fourth-order valence-corrected chi connectivity index (χ4v) is 2.51. The predicted octanol–water partition coefficient (Wildman–Crippen LogP) is 3.72. The van der Waals surface area contributed by atoms with E-state index < -0.39 is 11.8 Å². The minimum absolute atomic E-state index is 0.266. The smallest absolute Gasteiger partial charge is 0.329 e. The lowest BCUT2D eigenvalue weighted by molar-refractivity contribution is -0.139. The average molecular weight is 431 g/mol. The maximum atomic E-state index is 11.8. The molecule has 2 amide bonds. The number of hydrogen-bond acceptors (Lipinski definition) is 4. The van der Waals surface area contributed by atoms with Crippen molar-refractivity contribution >= 4 is 45.3 Å². The normalized spacial score (nSPS) is 10.9. The first-order valence-electron chi connectivity index (χ1n) is 8.59. The van der Waals surface area contributed by atoms with Crippen LogP contribution in [0.25, 0.3) is 0 Å². The quantitative estimate of drug-likeness (QED) is 0.370. The Balaban J connectivity index is 2.05. The predicted molar refractivity (Wildman–Crippen MR) is 112 cm³/mol. The summed E-state index contributed by atoms with van der Waals surface area (Å²) in [6.07, 6.45) is 1.49. The highest BCUT2D eigenvalue weighted by molar-refractivity contribution is 9.10. The van der Waals surface area contributed by atoms with Crippen molar-refractivity contribution in [2.75, 3.05) is 11.9 Å². The van der Waals surface area contributed by atoms with Crippen LogP contribution in [0, 0.1) is 12.8 Å². The first-order chi connectivity index (χ1) is 12.8. The standard InChI is InChI=1S/C20H23BrN4O2/c1-13(2)11-22-19(26)20(27)25-23-12-15-10-16(21)6-9-18(15)24-17-7-4-14(3)5-8-17/h4-10,12-13,24H,11H2,1-3H3,(H,22,26)(H,25,27)/b23-12-. The number of rotatable bonds is 6. The fraction of sp³-hybridized carbons (Fsp3) is 0.250. The molecule has 0 saturated carbocycles. The Morgan fingerprint density at radius 3 is 2.48 bits per heavy atom. The molecule has 0 aromatic heterocycles. The van der Waals surface area contributed by atoms with Crippen molar-refractivity contribution in [3.63, 3.8) is 0 Å². The van der Waals surface area contributed by atoms with Gasteiger partial charge in [-0.1, -0.05) is 47.5 Å². The molecule has 0 fully saturated rings. The Labute approximate surface area is 167 Å². The van der Waals surface area contributed by atoms with Crippen molar-refractivity contribution < 1.29 is 9.59 Å². The van der Waals surface area contributed by atoms with Gasteiger partial charge in [0.2, 0.25) is 0 Å². The average Bonchev–Trinajstić information content (AvgIpc) is 2.63. The van der Waals surface area contributed by atoms with Crippen LogP contribution in [0.15, 0.2) is 52.0 Å². The number of amides is 2. The zero-order valence-corrected chi connectivity index (χ0v) is 17.1. The Hall–Kier alpha value is -2.67. The Morgan fingerprint density at radius 1 is 1.11 bits per heavy atom. The molecule has 142 valence electrons. The minimum Gasteiger partial charge on any atom is -0.355 e. The second-order valence-electron chi connectivity index (χ2n) is 6.53. The molecule has 0 bridgehead atoms. The van der Waals surface area contributed by atoms with Gasteiger partial charge in [-0.2, -0.15) is 5.10 Å². The Bertz CT molecular complexity index is 832. The number of nitrogens with one attached hydrogen (secondary N) is 3. The summed E-state index contributed by atoms with van der Waals surface area (Å²) in [6, 6.07) is 13.7. The fourth-order valence-electron chi connectivity index (χ4n) is 2.13. The summed E-state index contributed by atoms with van der Waals surface area (Å²) < 4.78 is 0.874. The summed E-state index contributed by atoms with van der Waals surface area (Å²) in [5.74, 6) is -1.23. The van der Waals surface area contributed by atoms with E-state index in [1.54, 1.807) is 0 Å². The van der Waals surface area contributed by atoms with Gasteiger partial charge in [0, 0.05) is 28.0 Å². The molecule has 0 saturated heterocycles. The van der Waals surface area contributed by atoms with Gasteiger partial charge >= 0.3 is 11.8 Å². The molecule has 0 aliphatic rings. The molecule has 3 N–H and O–H groups in total. The van der Waals surface area contributed by atoms with Gasteiger partial charge in [0.25, 0.3) is 0 Å². The van der Waals surface area contributed by atoms with Crippen LogP contribution in [0.1, 0.15) is 25.0 Å². The van der Waals surface area contributed by atoms with Crippen molar-refractivity contribution in [1.82, 2.24) is 10.7 Å². The highest BCUT2D eigenvalue weighted by atomic mass is 79.9. The third-order valence-electron chi connectivity index (χ3n) is 3.59. The topological polar surface area (TPSA) is 82.6 Å². The van der Waals surface area contributed by atoms with Crippen LogP contribution < -0.4 is 16.1 Å². The van der Waals surface area contributed by atoms with E-state index in [9.17, 15) is 9.59 Å². The number of carbonyl (C=O) groups excluding carboxylic acids is 2. The molecule has 0 spiro atoms. The lowest BCUT2D eigenvalue weighted by atomic mass is 10.1. The number of halogens is 1. The number of anilines is 2. The zero-order valence-electron chi connectivity index (χ0n) is 15.5. The number of hydrogen-bond donors (Lipinski definition) is 3. The van der Waals surface area contributed by atoms with Gasteiger partial charge in [0.05, 0.1) is 6.21 Å². The molecular formula is C20H23BrN4O2. The monoisotopic (exact) mass is 430 g/mol. The van der Waals surface area contributed by atoms with E-state index in [2.05, 4.69) is 37.1 Å². The first kappa shape index (κ1) is 20.6. The Morgan fingerprint density at radius 2 is 1.81 bits per heavy atom. The van der Waals surface area contributed by atoms with Gasteiger partial charge in [0.1, 0.15) is 0 Å². The van der Waals surface area contributed by atoms with Crippen LogP contribution in [-0.2, 0) is 9.59 Å². The van der Waals surface area contributed by atoms with E-state index in [1.807, 2.05) is 63.2 Å². The first-order valence-corrected chi connectivity index (χ1v) is 9.39. The molecule has 0 aliphatic heterocycles. The largest absolute Gasteiger partial charge is 0.355 e. The van der Waals surface area contributed by atoms with Gasteiger partial charge < -0.3 is 10.6 Å². The van der Waals surface area contributed by atoms with Crippen molar-refractivity contribution in [3.05, 3.63) is 58.1 Å². The second kappa shape index (κ2) is 9.87. The molecule has 27 heavy (non-hydrogen) atoms. The number of hydrazone groups is 1. The van der Waals surface area contributed by atoms with Crippen molar-refractivity contribution in [2.45, 2.75) is 20.8 Å². The maximum absolute atomic E-state index is 11.8. The summed E-state index contributed by atoms with van der Waals surface area (Å²) in [4.78, 5) is 23.4. The third-order valence-corrected chi connectivity index (χ3v) is 4.08. The van der Waals surface area contributed by atoms with Gasteiger partial charge in [-0.3, -0.25) is 9.59 Å². The second-order valence-corrected chi connectivity index (χ2v) is 7.44. The van der Waals surface area contributed by atoms with Crippen molar-refractivity contribution in [2.24, 2.45) is 11.0 Å². The lowest BCUT2D eigenvalue weighted by Gasteiger charge is -2.10. The van der Waals surface area contributed by atoms with E-state index in [-0.39, 0.29) is 5.92 Å².